The summed E-state index contributed by atoms with van der Waals surface area (Å²) >= 11 is 10.6. The van der Waals surface area contributed by atoms with Crippen LogP contribution >= 0.6 is 23.8 Å². The molecule has 0 radical (unpaired) electrons. The van der Waals surface area contributed by atoms with Crippen molar-refractivity contribution in [1.29, 1.82) is 0 Å². The lowest BCUT2D eigenvalue weighted by molar-refractivity contribution is 0.0997. The van der Waals surface area contributed by atoms with Crippen LogP contribution < -0.4 is 11.1 Å². The lowest BCUT2D eigenvalue weighted by Gasteiger charge is -2.11. The molecule has 0 aliphatic rings. The van der Waals surface area contributed by atoms with E-state index in [0.717, 1.165) is 5.56 Å². The first-order valence-corrected chi connectivity index (χ1v) is 6.24. The molecule has 3 N–H and O–H groups in total. The van der Waals surface area contributed by atoms with Crippen LogP contribution in [0.1, 0.15) is 21.7 Å². The predicted molar refractivity (Wildman–Crippen MR) is 78.7 cm³/mol. The Morgan fingerprint density at radius 3 is 2.68 bits per heavy atom. The van der Waals surface area contributed by atoms with Gasteiger partial charge in [0.25, 0.3) is 5.91 Å². The van der Waals surface area contributed by atoms with Crippen LogP contribution in [0.15, 0.2) is 34.7 Å². The molecule has 0 saturated carbocycles. The van der Waals surface area contributed by atoms with Crippen LogP contribution in [0.25, 0.3) is 0 Å². The lowest BCUT2D eigenvalue weighted by Crippen LogP contribution is -2.18. The van der Waals surface area contributed by atoms with E-state index in [1.165, 1.54) is 12.1 Å². The number of rotatable bonds is 3. The number of nitrogens with two attached hydrogens (primary N) is 1. The summed E-state index contributed by atoms with van der Waals surface area (Å²) in [5.74, 6) is -0.282. The summed E-state index contributed by atoms with van der Waals surface area (Å²) in [5, 5.41) is 2.86. The average molecular weight is 295 g/mol. The van der Waals surface area contributed by atoms with Crippen molar-refractivity contribution >= 4 is 40.4 Å². The highest BCUT2D eigenvalue weighted by atomic mass is 35.5. The minimum atomic E-state index is -0.407. The summed E-state index contributed by atoms with van der Waals surface area (Å²) in [7, 11) is 0. The van der Waals surface area contributed by atoms with E-state index in [2.05, 4.69) is 5.32 Å². The molecule has 4 nitrogen and oxygen atoms in total. The second-order valence-corrected chi connectivity index (χ2v) is 4.73. The molecule has 0 fully saturated rings. The Morgan fingerprint density at radius 2 is 2.11 bits per heavy atom. The van der Waals surface area contributed by atoms with Crippen LogP contribution in [-0.2, 0) is 0 Å². The fourth-order valence-corrected chi connectivity index (χ4v) is 2.14. The molecule has 2 rings (SSSR count). The number of carbonyl (C=O) groups excluding carboxylic acids is 1. The number of carbonyl (C=O) groups is 1. The molecule has 1 amide bonds. The zero-order valence-electron chi connectivity index (χ0n) is 10.1. The second-order valence-electron chi connectivity index (χ2n) is 3.92. The molecule has 0 aliphatic heterocycles. The third-order valence-electron chi connectivity index (χ3n) is 2.56. The zero-order valence-corrected chi connectivity index (χ0v) is 11.6. The van der Waals surface area contributed by atoms with Gasteiger partial charge in [0.15, 0.2) is 11.0 Å². The highest BCUT2D eigenvalue weighted by Gasteiger charge is 2.14. The Balaban J connectivity index is 2.31. The molecule has 2 aromatic rings. The second kappa shape index (κ2) is 5.42. The minimum absolute atomic E-state index is 0.125. The number of thiocarbonyl (C=S) groups is 1. The van der Waals surface area contributed by atoms with Crippen molar-refractivity contribution in [2.24, 2.45) is 5.73 Å². The smallest absolute Gasteiger partial charge is 0.291 e. The van der Waals surface area contributed by atoms with E-state index in [9.17, 15) is 4.79 Å². The maximum absolute atomic E-state index is 12.0. The highest BCUT2D eigenvalue weighted by molar-refractivity contribution is 7.80. The Bertz CT molecular complexity index is 652. The summed E-state index contributed by atoms with van der Waals surface area (Å²) in [6.07, 6.45) is 0. The Hall–Kier alpha value is -1.85. The van der Waals surface area contributed by atoms with Gasteiger partial charge in [0, 0.05) is 5.56 Å². The fraction of sp³-hybridized carbons (Fsp3) is 0.0769. The van der Waals surface area contributed by atoms with Gasteiger partial charge in [0.1, 0.15) is 4.99 Å². The van der Waals surface area contributed by atoms with Crippen molar-refractivity contribution in [3.8, 4) is 0 Å². The summed E-state index contributed by atoms with van der Waals surface area (Å²) < 4.78 is 5.04. The minimum Gasteiger partial charge on any atom is -0.440 e. The Labute approximate surface area is 120 Å². The van der Waals surface area contributed by atoms with E-state index in [0.29, 0.717) is 11.3 Å². The maximum atomic E-state index is 12.0. The zero-order chi connectivity index (χ0) is 14.0. The van der Waals surface area contributed by atoms with Crippen molar-refractivity contribution < 1.29 is 9.21 Å². The van der Waals surface area contributed by atoms with Crippen LogP contribution in [0.5, 0.6) is 0 Å². The SMILES string of the molecule is Cc1cccc(NC(=O)c2ccc(Cl)o2)c1C(N)=S. The first kappa shape index (κ1) is 13.6. The first-order valence-electron chi connectivity index (χ1n) is 5.45. The normalized spacial score (nSPS) is 10.2. The van der Waals surface area contributed by atoms with E-state index in [1.807, 2.05) is 19.1 Å². The van der Waals surface area contributed by atoms with Gasteiger partial charge in [-0.25, -0.2) is 0 Å². The number of hydrogen-bond acceptors (Lipinski definition) is 3. The summed E-state index contributed by atoms with van der Waals surface area (Å²) in [6.45, 7) is 1.87. The van der Waals surface area contributed by atoms with Crippen molar-refractivity contribution in [2.45, 2.75) is 6.92 Å². The number of furan rings is 1. The van der Waals surface area contributed by atoms with Crippen molar-refractivity contribution in [3.63, 3.8) is 0 Å². The molecule has 0 unspecified atom stereocenters. The van der Waals surface area contributed by atoms with Crippen LogP contribution in [0.2, 0.25) is 5.22 Å². The van der Waals surface area contributed by atoms with Gasteiger partial charge in [-0.3, -0.25) is 4.79 Å². The molecule has 0 aliphatic carbocycles. The van der Waals surface area contributed by atoms with Crippen LogP contribution in [0.4, 0.5) is 5.69 Å². The van der Waals surface area contributed by atoms with Crippen molar-refractivity contribution in [2.75, 3.05) is 5.32 Å². The van der Waals surface area contributed by atoms with E-state index in [4.69, 9.17) is 34.0 Å². The molecule has 19 heavy (non-hydrogen) atoms. The van der Waals surface area contributed by atoms with Crippen LogP contribution in [-0.4, -0.2) is 10.9 Å². The highest BCUT2D eigenvalue weighted by Crippen LogP contribution is 2.21. The molecule has 98 valence electrons. The van der Waals surface area contributed by atoms with Gasteiger partial charge < -0.3 is 15.5 Å². The molecule has 0 saturated heterocycles. The lowest BCUT2D eigenvalue weighted by atomic mass is 10.1. The summed E-state index contributed by atoms with van der Waals surface area (Å²) in [6, 6.07) is 8.40. The fourth-order valence-electron chi connectivity index (χ4n) is 1.72. The van der Waals surface area contributed by atoms with Gasteiger partial charge in [-0.05, 0) is 42.3 Å². The van der Waals surface area contributed by atoms with E-state index < -0.39 is 5.91 Å². The maximum Gasteiger partial charge on any atom is 0.291 e. The molecule has 0 bridgehead atoms. The quantitative estimate of drug-likeness (QED) is 0.854. The molecule has 1 aromatic heterocycles. The van der Waals surface area contributed by atoms with E-state index in [-0.39, 0.29) is 16.0 Å². The van der Waals surface area contributed by atoms with Crippen LogP contribution in [0, 0.1) is 6.92 Å². The first-order chi connectivity index (χ1) is 8.99. The van der Waals surface area contributed by atoms with Crippen molar-refractivity contribution in [3.05, 3.63) is 52.4 Å². The van der Waals surface area contributed by atoms with Crippen molar-refractivity contribution in [1.82, 2.24) is 0 Å². The number of halogens is 1. The van der Waals surface area contributed by atoms with E-state index in [1.54, 1.807) is 6.07 Å². The number of amides is 1. The molecule has 1 aromatic carbocycles. The third kappa shape index (κ3) is 2.94. The largest absolute Gasteiger partial charge is 0.440 e. The monoisotopic (exact) mass is 294 g/mol. The molecule has 1 heterocycles. The number of nitrogens with one attached hydrogen (secondary N) is 1. The molecular weight excluding hydrogens is 284 g/mol. The predicted octanol–water partition coefficient (Wildman–Crippen LogP) is 3.13. The topological polar surface area (TPSA) is 68.3 Å². The Kier molecular flexibility index (Phi) is 3.87. The van der Waals surface area contributed by atoms with Gasteiger partial charge in [0.2, 0.25) is 0 Å². The van der Waals surface area contributed by atoms with Gasteiger partial charge in [-0.15, -0.1) is 0 Å². The number of anilines is 1. The average Bonchev–Trinajstić information content (AvgIpc) is 2.75. The molecule has 6 heteroatoms. The Morgan fingerprint density at radius 1 is 1.37 bits per heavy atom. The standard InChI is InChI=1S/C13H11ClN2O2S/c1-7-3-2-4-8(11(7)12(15)19)16-13(17)9-5-6-10(14)18-9/h2-6H,1H3,(H2,15,19)(H,16,17). The summed E-state index contributed by atoms with van der Waals surface area (Å²) in [5.41, 5.74) is 7.75. The van der Waals surface area contributed by atoms with Gasteiger partial charge in [0.05, 0.1) is 5.69 Å². The van der Waals surface area contributed by atoms with Gasteiger partial charge >= 0.3 is 0 Å². The third-order valence-corrected chi connectivity index (χ3v) is 2.97. The van der Waals surface area contributed by atoms with E-state index >= 15 is 0 Å². The number of aryl methyl sites for hydroxylation is 1. The molecular formula is C13H11ClN2O2S. The van der Waals surface area contributed by atoms with Gasteiger partial charge in [-0.1, -0.05) is 24.4 Å². The number of hydrogen-bond donors (Lipinski definition) is 2. The van der Waals surface area contributed by atoms with Gasteiger partial charge in [-0.2, -0.15) is 0 Å². The molecule has 0 atom stereocenters. The van der Waals surface area contributed by atoms with Crippen LogP contribution in [0.3, 0.4) is 0 Å². The number of benzene rings is 1. The summed E-state index contributed by atoms with van der Waals surface area (Å²) in [4.78, 5) is 12.2. The molecule has 0 spiro atoms.